The SMILES string of the molecule is CCC(C)n1c(-c2cc(OC)c(OC)c(OC)c2)csc1=Nc1ccc(S(=O)(=O)N2CCOCC2)cc1. The van der Waals surface area contributed by atoms with E-state index < -0.39 is 10.0 Å². The fourth-order valence-corrected chi connectivity index (χ4v) is 6.61. The van der Waals surface area contributed by atoms with Gasteiger partial charge in [0.1, 0.15) is 0 Å². The third kappa shape index (κ3) is 5.54. The van der Waals surface area contributed by atoms with Crippen LogP contribution in [0.4, 0.5) is 5.69 Å². The Hall–Kier alpha value is -2.86. The van der Waals surface area contributed by atoms with E-state index in [1.54, 1.807) is 45.6 Å². The average Bonchev–Trinajstić information content (AvgIpc) is 3.35. The van der Waals surface area contributed by atoms with Crippen LogP contribution in [0.25, 0.3) is 11.3 Å². The number of methoxy groups -OCH3 is 3. The summed E-state index contributed by atoms with van der Waals surface area (Å²) in [4.78, 5) is 5.94. The lowest BCUT2D eigenvalue weighted by molar-refractivity contribution is 0.0730. The van der Waals surface area contributed by atoms with Crippen molar-refractivity contribution in [1.82, 2.24) is 8.87 Å². The van der Waals surface area contributed by atoms with E-state index in [1.165, 1.54) is 15.6 Å². The number of benzene rings is 2. The smallest absolute Gasteiger partial charge is 0.243 e. The minimum atomic E-state index is -3.55. The normalized spacial score (nSPS) is 16.0. The van der Waals surface area contributed by atoms with Crippen LogP contribution < -0.4 is 19.0 Å². The number of sulfonamides is 1. The van der Waals surface area contributed by atoms with E-state index >= 15 is 0 Å². The number of rotatable bonds is 9. The lowest BCUT2D eigenvalue weighted by Gasteiger charge is -2.26. The molecule has 11 heteroatoms. The van der Waals surface area contributed by atoms with Gasteiger partial charge in [-0.05, 0) is 49.7 Å². The van der Waals surface area contributed by atoms with E-state index in [0.717, 1.165) is 22.5 Å². The summed E-state index contributed by atoms with van der Waals surface area (Å²) in [5, 5.41) is 2.06. The van der Waals surface area contributed by atoms with Crippen molar-refractivity contribution < 1.29 is 27.4 Å². The lowest BCUT2D eigenvalue weighted by atomic mass is 10.1. The summed E-state index contributed by atoms with van der Waals surface area (Å²) in [5.74, 6) is 1.69. The molecular weight excluding hydrogens is 514 g/mol. The van der Waals surface area contributed by atoms with Gasteiger partial charge in [0.15, 0.2) is 16.3 Å². The highest BCUT2D eigenvalue weighted by molar-refractivity contribution is 7.89. The summed E-state index contributed by atoms with van der Waals surface area (Å²) in [5.41, 5.74) is 2.57. The number of aromatic nitrogens is 1. The first-order chi connectivity index (χ1) is 17.8. The molecule has 0 saturated carbocycles. The molecule has 0 bridgehead atoms. The monoisotopic (exact) mass is 547 g/mol. The van der Waals surface area contributed by atoms with Gasteiger partial charge in [-0.2, -0.15) is 4.31 Å². The standard InChI is InChI=1S/C26H33N3O6S2/c1-6-18(2)29-22(19-15-23(32-3)25(34-5)24(16-19)33-4)17-36-26(29)27-20-7-9-21(10-8-20)37(30,31)28-11-13-35-14-12-28/h7-10,15-18H,6,11-14H2,1-5H3. The number of morpholine rings is 1. The van der Waals surface area contributed by atoms with Crippen LogP contribution in [-0.2, 0) is 14.8 Å². The Morgan fingerprint density at radius 1 is 1.03 bits per heavy atom. The number of hydrogen-bond donors (Lipinski definition) is 0. The summed E-state index contributed by atoms with van der Waals surface area (Å²) in [6.45, 7) is 5.82. The Morgan fingerprint density at radius 3 is 2.19 bits per heavy atom. The number of hydrogen-bond acceptors (Lipinski definition) is 8. The van der Waals surface area contributed by atoms with Gasteiger partial charge >= 0.3 is 0 Å². The first-order valence-electron chi connectivity index (χ1n) is 12.1. The Labute approximate surface area is 221 Å². The van der Waals surface area contributed by atoms with E-state index in [1.807, 2.05) is 12.1 Å². The highest BCUT2D eigenvalue weighted by Crippen LogP contribution is 2.41. The van der Waals surface area contributed by atoms with Gasteiger partial charge in [-0.3, -0.25) is 0 Å². The van der Waals surface area contributed by atoms with E-state index in [9.17, 15) is 8.42 Å². The summed E-state index contributed by atoms with van der Waals surface area (Å²) in [6.07, 6.45) is 0.901. The van der Waals surface area contributed by atoms with E-state index in [4.69, 9.17) is 23.9 Å². The third-order valence-corrected chi connectivity index (χ3v) is 9.16. The van der Waals surface area contributed by atoms with Crippen LogP contribution in [0.3, 0.4) is 0 Å². The minimum Gasteiger partial charge on any atom is -0.493 e. The quantitative estimate of drug-likeness (QED) is 0.393. The van der Waals surface area contributed by atoms with Crippen LogP contribution in [0.1, 0.15) is 26.3 Å². The van der Waals surface area contributed by atoms with Crippen molar-refractivity contribution in [2.45, 2.75) is 31.2 Å². The molecule has 0 aliphatic carbocycles. The highest BCUT2D eigenvalue weighted by Gasteiger charge is 2.26. The average molecular weight is 548 g/mol. The Kier molecular flexibility index (Phi) is 8.58. The van der Waals surface area contributed by atoms with Crippen molar-refractivity contribution in [2.24, 2.45) is 4.99 Å². The van der Waals surface area contributed by atoms with Gasteiger partial charge in [-0.25, -0.2) is 13.4 Å². The molecule has 200 valence electrons. The second kappa shape index (κ2) is 11.7. The largest absolute Gasteiger partial charge is 0.493 e. The lowest BCUT2D eigenvalue weighted by Crippen LogP contribution is -2.40. The minimum absolute atomic E-state index is 0.167. The Balaban J connectivity index is 1.74. The molecule has 1 saturated heterocycles. The predicted molar refractivity (Wildman–Crippen MR) is 144 cm³/mol. The van der Waals surface area contributed by atoms with Gasteiger partial charge in [0.25, 0.3) is 0 Å². The van der Waals surface area contributed by atoms with Gasteiger partial charge in [0, 0.05) is 30.1 Å². The zero-order valence-corrected chi connectivity index (χ0v) is 23.4. The molecule has 0 N–H and O–H groups in total. The maximum Gasteiger partial charge on any atom is 0.243 e. The maximum absolute atomic E-state index is 13.0. The molecule has 0 amide bonds. The molecule has 9 nitrogen and oxygen atoms in total. The van der Waals surface area contributed by atoms with Crippen LogP contribution in [-0.4, -0.2) is 64.9 Å². The molecule has 1 aliphatic rings. The molecule has 1 aliphatic heterocycles. The second-order valence-corrected chi connectivity index (χ2v) is 11.3. The Morgan fingerprint density at radius 2 is 1.65 bits per heavy atom. The van der Waals surface area contributed by atoms with Crippen LogP contribution >= 0.6 is 11.3 Å². The fourth-order valence-electron chi connectivity index (χ4n) is 4.19. The molecule has 37 heavy (non-hydrogen) atoms. The van der Waals surface area contributed by atoms with Gasteiger partial charge in [0.2, 0.25) is 15.8 Å². The van der Waals surface area contributed by atoms with Gasteiger partial charge < -0.3 is 23.5 Å². The predicted octanol–water partition coefficient (Wildman–Crippen LogP) is 4.47. The maximum atomic E-state index is 13.0. The van der Waals surface area contributed by atoms with Crippen LogP contribution in [0.5, 0.6) is 17.2 Å². The van der Waals surface area contributed by atoms with Crippen LogP contribution in [0.15, 0.2) is 51.7 Å². The fraction of sp³-hybridized carbons (Fsp3) is 0.423. The summed E-state index contributed by atoms with van der Waals surface area (Å²) >= 11 is 1.52. The molecule has 4 rings (SSSR count). The van der Waals surface area contributed by atoms with Gasteiger partial charge in [0.05, 0.1) is 50.8 Å². The summed E-state index contributed by atoms with van der Waals surface area (Å²) < 4.78 is 51.4. The van der Waals surface area contributed by atoms with E-state index in [0.29, 0.717) is 49.2 Å². The number of ether oxygens (including phenoxy) is 4. The van der Waals surface area contributed by atoms with Gasteiger partial charge in [-0.1, -0.05) is 6.92 Å². The molecule has 1 aromatic heterocycles. The summed E-state index contributed by atoms with van der Waals surface area (Å²) in [7, 11) is 1.23. The Bertz CT molecular complexity index is 1370. The molecule has 0 spiro atoms. The zero-order chi connectivity index (χ0) is 26.6. The van der Waals surface area contributed by atoms with Gasteiger partial charge in [-0.15, -0.1) is 11.3 Å². The van der Waals surface area contributed by atoms with Crippen molar-refractivity contribution in [2.75, 3.05) is 47.6 Å². The molecule has 2 heterocycles. The first-order valence-corrected chi connectivity index (χ1v) is 14.4. The zero-order valence-electron chi connectivity index (χ0n) is 21.8. The number of thiazole rings is 1. The molecule has 3 aromatic rings. The molecule has 1 fully saturated rings. The van der Waals surface area contributed by atoms with Crippen LogP contribution in [0.2, 0.25) is 0 Å². The van der Waals surface area contributed by atoms with Crippen LogP contribution in [0, 0.1) is 0 Å². The number of nitrogens with zero attached hydrogens (tertiary/aromatic N) is 3. The topological polar surface area (TPSA) is 91.6 Å². The molecular formula is C26H33N3O6S2. The van der Waals surface area contributed by atoms with Crippen molar-refractivity contribution in [3.05, 3.63) is 46.6 Å². The van der Waals surface area contributed by atoms with E-state index in [2.05, 4.69) is 23.8 Å². The van der Waals surface area contributed by atoms with Crippen molar-refractivity contribution in [3.8, 4) is 28.5 Å². The molecule has 1 atom stereocenters. The second-order valence-electron chi connectivity index (χ2n) is 8.57. The molecule has 2 aromatic carbocycles. The molecule has 1 unspecified atom stereocenters. The van der Waals surface area contributed by atoms with E-state index in [-0.39, 0.29) is 10.9 Å². The highest BCUT2D eigenvalue weighted by atomic mass is 32.2. The van der Waals surface area contributed by atoms with Crippen molar-refractivity contribution >= 4 is 27.0 Å². The molecule has 0 radical (unpaired) electrons. The van der Waals surface area contributed by atoms with Crippen molar-refractivity contribution in [1.29, 1.82) is 0 Å². The van der Waals surface area contributed by atoms with Crippen molar-refractivity contribution in [3.63, 3.8) is 0 Å². The first kappa shape index (κ1) is 27.2. The summed E-state index contributed by atoms with van der Waals surface area (Å²) in [6, 6.07) is 10.7. The third-order valence-electron chi connectivity index (χ3n) is 6.40.